The van der Waals surface area contributed by atoms with Crippen molar-refractivity contribution in [2.24, 2.45) is 0 Å². The Kier molecular flexibility index (Phi) is 2.59. The summed E-state index contributed by atoms with van der Waals surface area (Å²) in [7, 11) is 0. The Morgan fingerprint density at radius 3 is 3.00 bits per heavy atom. The summed E-state index contributed by atoms with van der Waals surface area (Å²) in [5.74, 6) is -0.0856. The standard InChI is InChI=1S/C8H9ClN4O2/c9-7-5(3-11-12-8(7)15)13-2-1-10-6(14)4-13/h3H,1-2,4H2,(H,10,14)(H,12,15). The summed E-state index contributed by atoms with van der Waals surface area (Å²) in [6, 6.07) is 0. The third-order valence-corrected chi connectivity index (χ3v) is 2.52. The molecule has 6 nitrogen and oxygen atoms in total. The molecule has 0 radical (unpaired) electrons. The van der Waals surface area contributed by atoms with Crippen molar-refractivity contribution in [1.82, 2.24) is 15.5 Å². The topological polar surface area (TPSA) is 78.1 Å². The van der Waals surface area contributed by atoms with Crippen molar-refractivity contribution < 1.29 is 4.79 Å². The lowest BCUT2D eigenvalue weighted by atomic mass is 10.3. The third-order valence-electron chi connectivity index (χ3n) is 2.16. The molecule has 1 aromatic rings. The van der Waals surface area contributed by atoms with Gasteiger partial charge in [0.15, 0.2) is 0 Å². The van der Waals surface area contributed by atoms with Gasteiger partial charge in [0, 0.05) is 13.1 Å². The van der Waals surface area contributed by atoms with Gasteiger partial charge >= 0.3 is 0 Å². The third kappa shape index (κ3) is 1.94. The molecule has 1 saturated heterocycles. The molecule has 1 aliphatic rings. The highest BCUT2D eigenvalue weighted by Crippen LogP contribution is 2.20. The Morgan fingerprint density at radius 2 is 2.27 bits per heavy atom. The van der Waals surface area contributed by atoms with E-state index in [2.05, 4.69) is 15.5 Å². The van der Waals surface area contributed by atoms with Crippen molar-refractivity contribution >= 4 is 23.2 Å². The molecule has 0 spiro atoms. The first-order valence-corrected chi connectivity index (χ1v) is 4.81. The van der Waals surface area contributed by atoms with Crippen molar-refractivity contribution in [1.29, 1.82) is 0 Å². The van der Waals surface area contributed by atoms with Crippen molar-refractivity contribution in [3.63, 3.8) is 0 Å². The minimum atomic E-state index is -0.444. The van der Waals surface area contributed by atoms with Crippen LogP contribution in [0.15, 0.2) is 11.0 Å². The highest BCUT2D eigenvalue weighted by molar-refractivity contribution is 6.33. The van der Waals surface area contributed by atoms with Crippen LogP contribution in [0.2, 0.25) is 5.02 Å². The van der Waals surface area contributed by atoms with Crippen LogP contribution in [0.4, 0.5) is 5.69 Å². The number of aromatic amines is 1. The van der Waals surface area contributed by atoms with Gasteiger partial charge in [-0.1, -0.05) is 11.6 Å². The van der Waals surface area contributed by atoms with E-state index < -0.39 is 5.56 Å². The second-order valence-corrected chi connectivity index (χ2v) is 3.55. The average Bonchev–Trinajstić information content (AvgIpc) is 2.22. The van der Waals surface area contributed by atoms with E-state index in [1.165, 1.54) is 6.20 Å². The average molecular weight is 229 g/mol. The van der Waals surface area contributed by atoms with E-state index in [1.54, 1.807) is 4.90 Å². The first kappa shape index (κ1) is 9.97. The van der Waals surface area contributed by atoms with Gasteiger partial charge in [-0.2, -0.15) is 5.10 Å². The van der Waals surface area contributed by atoms with Gasteiger partial charge in [-0.25, -0.2) is 5.10 Å². The van der Waals surface area contributed by atoms with Crippen LogP contribution in [0.1, 0.15) is 0 Å². The lowest BCUT2D eigenvalue weighted by molar-refractivity contribution is -0.120. The quantitative estimate of drug-likeness (QED) is 0.670. The molecule has 1 aliphatic heterocycles. The number of aromatic nitrogens is 2. The number of rotatable bonds is 1. The van der Waals surface area contributed by atoms with Crippen LogP contribution in [0, 0.1) is 0 Å². The number of piperazine rings is 1. The first-order chi connectivity index (χ1) is 7.18. The maximum absolute atomic E-state index is 11.2. The summed E-state index contributed by atoms with van der Waals surface area (Å²) in [5.41, 5.74) is 0.0513. The van der Waals surface area contributed by atoms with Crippen LogP contribution < -0.4 is 15.8 Å². The van der Waals surface area contributed by atoms with Gasteiger partial charge in [0.1, 0.15) is 5.02 Å². The zero-order valence-electron chi connectivity index (χ0n) is 7.79. The molecule has 0 atom stereocenters. The van der Waals surface area contributed by atoms with Crippen molar-refractivity contribution in [2.75, 3.05) is 24.5 Å². The maximum Gasteiger partial charge on any atom is 0.285 e. The summed E-state index contributed by atoms with van der Waals surface area (Å²) in [5, 5.41) is 8.63. The van der Waals surface area contributed by atoms with E-state index in [4.69, 9.17) is 11.6 Å². The first-order valence-electron chi connectivity index (χ1n) is 4.43. The molecule has 0 bridgehead atoms. The maximum atomic E-state index is 11.2. The lowest BCUT2D eigenvalue weighted by Gasteiger charge is -2.28. The van der Waals surface area contributed by atoms with Crippen LogP contribution in [0.3, 0.4) is 0 Å². The Morgan fingerprint density at radius 1 is 1.47 bits per heavy atom. The molecule has 1 aromatic heterocycles. The van der Waals surface area contributed by atoms with Gasteiger partial charge in [-0.05, 0) is 0 Å². The van der Waals surface area contributed by atoms with E-state index >= 15 is 0 Å². The van der Waals surface area contributed by atoms with Crippen LogP contribution in [-0.2, 0) is 4.79 Å². The van der Waals surface area contributed by atoms with Crippen LogP contribution in [0.5, 0.6) is 0 Å². The molecule has 2 rings (SSSR count). The second-order valence-electron chi connectivity index (χ2n) is 3.17. The molecule has 7 heteroatoms. The number of nitrogens with zero attached hydrogens (tertiary/aromatic N) is 2. The van der Waals surface area contributed by atoms with Gasteiger partial charge in [0.2, 0.25) is 5.91 Å². The summed E-state index contributed by atoms with van der Waals surface area (Å²) < 4.78 is 0. The summed E-state index contributed by atoms with van der Waals surface area (Å²) in [6.07, 6.45) is 1.45. The number of halogens is 1. The number of hydrogen-bond acceptors (Lipinski definition) is 4. The smallest absolute Gasteiger partial charge is 0.285 e. The number of anilines is 1. The molecule has 1 amide bonds. The highest BCUT2D eigenvalue weighted by Gasteiger charge is 2.19. The van der Waals surface area contributed by atoms with Crippen molar-refractivity contribution in [3.05, 3.63) is 21.6 Å². The number of nitrogens with one attached hydrogen (secondary N) is 2. The van der Waals surface area contributed by atoms with E-state index in [1.807, 2.05) is 0 Å². The molecular formula is C8H9ClN4O2. The molecule has 0 aliphatic carbocycles. The molecule has 15 heavy (non-hydrogen) atoms. The Balaban J connectivity index is 2.32. The molecule has 2 heterocycles. The van der Waals surface area contributed by atoms with Gasteiger partial charge in [0.25, 0.3) is 5.56 Å². The molecule has 80 valence electrons. The molecule has 0 saturated carbocycles. The molecular weight excluding hydrogens is 220 g/mol. The van der Waals surface area contributed by atoms with Crippen molar-refractivity contribution in [3.8, 4) is 0 Å². The lowest BCUT2D eigenvalue weighted by Crippen LogP contribution is -2.48. The highest BCUT2D eigenvalue weighted by atomic mass is 35.5. The van der Waals surface area contributed by atoms with E-state index in [0.29, 0.717) is 18.8 Å². The zero-order chi connectivity index (χ0) is 10.8. The van der Waals surface area contributed by atoms with Gasteiger partial charge < -0.3 is 10.2 Å². The minimum absolute atomic E-state index is 0.0692. The summed E-state index contributed by atoms with van der Waals surface area (Å²) >= 11 is 5.82. The Hall–Kier alpha value is -1.56. The normalized spacial score (nSPS) is 16.3. The van der Waals surface area contributed by atoms with Gasteiger partial charge in [-0.3, -0.25) is 9.59 Å². The molecule has 1 fully saturated rings. The van der Waals surface area contributed by atoms with E-state index in [-0.39, 0.29) is 17.5 Å². The Bertz CT molecular complexity index is 445. The number of H-pyrrole nitrogens is 1. The minimum Gasteiger partial charge on any atom is -0.358 e. The molecule has 0 unspecified atom stereocenters. The van der Waals surface area contributed by atoms with Crippen LogP contribution >= 0.6 is 11.6 Å². The summed E-state index contributed by atoms with van der Waals surface area (Å²) in [6.45, 7) is 1.36. The number of carbonyl (C=O) groups excluding carboxylic acids is 1. The fourth-order valence-electron chi connectivity index (χ4n) is 1.44. The fraction of sp³-hybridized carbons (Fsp3) is 0.375. The van der Waals surface area contributed by atoms with Crippen LogP contribution in [0.25, 0.3) is 0 Å². The molecule has 2 N–H and O–H groups in total. The van der Waals surface area contributed by atoms with Crippen LogP contribution in [-0.4, -0.2) is 35.7 Å². The van der Waals surface area contributed by atoms with Crippen molar-refractivity contribution in [2.45, 2.75) is 0 Å². The molecule has 0 aromatic carbocycles. The van der Waals surface area contributed by atoms with E-state index in [9.17, 15) is 9.59 Å². The fourth-order valence-corrected chi connectivity index (χ4v) is 1.65. The largest absolute Gasteiger partial charge is 0.358 e. The number of carbonyl (C=O) groups is 1. The van der Waals surface area contributed by atoms with E-state index in [0.717, 1.165) is 0 Å². The number of hydrogen-bond donors (Lipinski definition) is 2. The summed E-state index contributed by atoms with van der Waals surface area (Å²) in [4.78, 5) is 24.1. The van der Waals surface area contributed by atoms with Gasteiger partial charge in [-0.15, -0.1) is 0 Å². The van der Waals surface area contributed by atoms with Gasteiger partial charge in [0.05, 0.1) is 18.4 Å². The zero-order valence-corrected chi connectivity index (χ0v) is 8.54. The SMILES string of the molecule is O=C1CN(c2cn[nH]c(=O)c2Cl)CCN1. The second kappa shape index (κ2) is 3.90. The predicted molar refractivity (Wildman–Crippen MR) is 55.1 cm³/mol. The number of amides is 1. The Labute approximate surface area is 90.2 Å². The predicted octanol–water partition coefficient (Wildman–Crippen LogP) is -0.641. The monoisotopic (exact) mass is 228 g/mol.